The van der Waals surface area contributed by atoms with Crippen molar-refractivity contribution < 1.29 is 0 Å². The molecule has 25 heavy (non-hydrogen) atoms. The highest BCUT2D eigenvalue weighted by atomic mass is 79.9. The molecule has 0 N–H and O–H groups in total. The van der Waals surface area contributed by atoms with Gasteiger partial charge in [0.05, 0.1) is 5.56 Å². The Bertz CT molecular complexity index is 944. The van der Waals surface area contributed by atoms with E-state index in [4.69, 9.17) is 0 Å². The molecule has 0 saturated heterocycles. The first kappa shape index (κ1) is 15.5. The predicted molar refractivity (Wildman–Crippen MR) is 102 cm³/mol. The minimum absolute atomic E-state index is 0.584. The second-order valence-corrected chi connectivity index (χ2v) is 6.31. The first-order chi connectivity index (χ1) is 12.3. The van der Waals surface area contributed by atoms with Crippen molar-refractivity contribution in [3.8, 4) is 34.2 Å². The highest BCUT2D eigenvalue weighted by Crippen LogP contribution is 2.25. The maximum absolute atomic E-state index is 4.67. The van der Waals surface area contributed by atoms with Crippen molar-refractivity contribution in [3.63, 3.8) is 0 Å². The van der Waals surface area contributed by atoms with Crippen LogP contribution in [-0.4, -0.2) is 15.0 Å². The van der Waals surface area contributed by atoms with Gasteiger partial charge in [-0.1, -0.05) is 76.6 Å². The fourth-order valence-corrected chi connectivity index (χ4v) is 2.85. The van der Waals surface area contributed by atoms with E-state index in [-0.39, 0.29) is 0 Å². The zero-order valence-corrected chi connectivity index (χ0v) is 14.7. The van der Waals surface area contributed by atoms with Crippen LogP contribution in [0.15, 0.2) is 77.3 Å². The molecule has 0 spiro atoms. The molecule has 0 aliphatic rings. The number of nitrogens with zero attached hydrogens (tertiary/aromatic N) is 3. The van der Waals surface area contributed by atoms with Gasteiger partial charge in [0.15, 0.2) is 17.5 Å². The van der Waals surface area contributed by atoms with Crippen molar-refractivity contribution in [2.24, 2.45) is 0 Å². The molecule has 0 aliphatic carbocycles. The molecule has 118 valence electrons. The molecule has 1 aromatic heterocycles. The van der Waals surface area contributed by atoms with Crippen LogP contribution in [0.25, 0.3) is 34.2 Å². The lowest BCUT2D eigenvalue weighted by Gasteiger charge is -2.07. The van der Waals surface area contributed by atoms with Gasteiger partial charge in [-0.2, -0.15) is 0 Å². The highest BCUT2D eigenvalue weighted by molar-refractivity contribution is 9.10. The Morgan fingerprint density at radius 1 is 0.680 bits per heavy atom. The summed E-state index contributed by atoms with van der Waals surface area (Å²) in [5.74, 6) is 1.85. The van der Waals surface area contributed by atoms with Crippen LogP contribution >= 0.6 is 15.9 Å². The minimum atomic E-state index is 0.584. The topological polar surface area (TPSA) is 38.7 Å². The van der Waals surface area contributed by atoms with E-state index in [2.05, 4.69) is 43.0 Å². The monoisotopic (exact) mass is 385 g/mol. The van der Waals surface area contributed by atoms with Crippen molar-refractivity contribution in [1.82, 2.24) is 15.0 Å². The number of rotatable bonds is 3. The molecule has 0 atom stereocenters. The molecule has 0 fully saturated rings. The Kier molecular flexibility index (Phi) is 4.24. The SMILES string of the molecule is Brc1cccc(-c2nc(-c3c#cccc3)nc(-c3ccccc3)n2)c1. The zero-order chi connectivity index (χ0) is 17.1. The van der Waals surface area contributed by atoms with Crippen LogP contribution in [0.5, 0.6) is 0 Å². The van der Waals surface area contributed by atoms with Crippen molar-refractivity contribution in [3.05, 3.63) is 89.4 Å². The molecule has 0 amide bonds. The summed E-state index contributed by atoms with van der Waals surface area (Å²) in [4.78, 5) is 14.0. The van der Waals surface area contributed by atoms with Gasteiger partial charge >= 0.3 is 0 Å². The third kappa shape index (κ3) is 3.42. The Balaban J connectivity index is 1.92. The standard InChI is InChI=1S/C21H12BrN3/c22-18-13-7-12-17(14-18)21-24-19(15-8-3-1-4-9-15)23-20(25-21)16-10-5-2-6-11-16/h1-5,7-10,12-14H. The summed E-state index contributed by atoms with van der Waals surface area (Å²) in [6.45, 7) is 0. The Hall–Kier alpha value is -3.03. The second kappa shape index (κ2) is 6.84. The largest absolute Gasteiger partial charge is 0.208 e. The normalized spacial score (nSPS) is 10.3. The summed E-state index contributed by atoms with van der Waals surface area (Å²) < 4.78 is 0.979. The molecule has 4 heteroatoms. The molecular formula is C21H12BrN3. The van der Waals surface area contributed by atoms with Gasteiger partial charge < -0.3 is 0 Å². The van der Waals surface area contributed by atoms with E-state index in [1.54, 1.807) is 6.07 Å². The molecule has 4 rings (SSSR count). The van der Waals surface area contributed by atoms with Crippen LogP contribution in [-0.2, 0) is 0 Å². The van der Waals surface area contributed by atoms with E-state index in [0.717, 1.165) is 21.2 Å². The third-order valence-corrected chi connectivity index (χ3v) is 4.13. The van der Waals surface area contributed by atoms with E-state index < -0.39 is 0 Å². The van der Waals surface area contributed by atoms with E-state index in [1.807, 2.05) is 66.7 Å². The minimum Gasteiger partial charge on any atom is -0.208 e. The lowest BCUT2D eigenvalue weighted by Crippen LogP contribution is -1.99. The summed E-state index contributed by atoms with van der Waals surface area (Å²) in [5, 5.41) is 0. The third-order valence-electron chi connectivity index (χ3n) is 3.64. The number of hydrogen-bond donors (Lipinski definition) is 0. The van der Waals surface area contributed by atoms with E-state index >= 15 is 0 Å². The van der Waals surface area contributed by atoms with Gasteiger partial charge in [-0.3, -0.25) is 0 Å². The molecule has 1 heterocycles. The van der Waals surface area contributed by atoms with Gasteiger partial charge in [0.2, 0.25) is 0 Å². The fraction of sp³-hybridized carbons (Fsp3) is 0. The van der Waals surface area contributed by atoms with Crippen LogP contribution < -0.4 is 0 Å². The first-order valence-electron chi connectivity index (χ1n) is 7.76. The molecule has 0 radical (unpaired) electrons. The van der Waals surface area contributed by atoms with Crippen LogP contribution in [0.3, 0.4) is 0 Å². The predicted octanol–water partition coefficient (Wildman–Crippen LogP) is 5.24. The van der Waals surface area contributed by atoms with Gasteiger partial charge in [-0.25, -0.2) is 15.0 Å². The van der Waals surface area contributed by atoms with E-state index in [9.17, 15) is 0 Å². The van der Waals surface area contributed by atoms with Crippen LogP contribution in [0.2, 0.25) is 0 Å². The van der Waals surface area contributed by atoms with Crippen molar-refractivity contribution in [2.75, 3.05) is 0 Å². The van der Waals surface area contributed by atoms with Crippen molar-refractivity contribution in [2.45, 2.75) is 0 Å². The summed E-state index contributed by atoms with van der Waals surface area (Å²) in [5.41, 5.74) is 2.66. The molecule has 0 unspecified atom stereocenters. The number of benzene rings is 2. The lowest BCUT2D eigenvalue weighted by atomic mass is 10.1. The summed E-state index contributed by atoms with van der Waals surface area (Å²) in [7, 11) is 0. The Morgan fingerprint density at radius 2 is 1.40 bits per heavy atom. The number of aromatic nitrogens is 3. The second-order valence-electron chi connectivity index (χ2n) is 5.39. The van der Waals surface area contributed by atoms with Gasteiger partial charge in [0.25, 0.3) is 0 Å². The average Bonchev–Trinajstić information content (AvgIpc) is 2.69. The smallest absolute Gasteiger partial charge is 0.172 e. The van der Waals surface area contributed by atoms with Crippen LogP contribution in [0, 0.1) is 12.1 Å². The lowest BCUT2D eigenvalue weighted by molar-refractivity contribution is 1.07. The molecule has 0 bridgehead atoms. The highest BCUT2D eigenvalue weighted by Gasteiger charge is 2.12. The van der Waals surface area contributed by atoms with Crippen molar-refractivity contribution >= 4 is 15.9 Å². The van der Waals surface area contributed by atoms with Gasteiger partial charge in [0.1, 0.15) is 0 Å². The summed E-state index contributed by atoms with van der Waals surface area (Å²) in [6, 6.07) is 29.5. The van der Waals surface area contributed by atoms with Gasteiger partial charge in [0, 0.05) is 15.6 Å². The zero-order valence-electron chi connectivity index (χ0n) is 13.1. The van der Waals surface area contributed by atoms with Crippen LogP contribution in [0.4, 0.5) is 0 Å². The van der Waals surface area contributed by atoms with E-state index in [0.29, 0.717) is 17.5 Å². The Morgan fingerprint density at radius 3 is 2.12 bits per heavy atom. The van der Waals surface area contributed by atoms with Gasteiger partial charge in [-0.05, 0) is 24.3 Å². The van der Waals surface area contributed by atoms with Gasteiger partial charge in [-0.15, -0.1) is 0 Å². The molecule has 3 nitrogen and oxygen atoms in total. The molecule has 3 aromatic carbocycles. The molecule has 0 saturated carbocycles. The first-order valence-corrected chi connectivity index (χ1v) is 8.55. The maximum atomic E-state index is 4.67. The quantitative estimate of drug-likeness (QED) is 0.484. The molecule has 0 aliphatic heterocycles. The van der Waals surface area contributed by atoms with E-state index in [1.165, 1.54) is 0 Å². The number of halogens is 1. The average molecular weight is 386 g/mol. The maximum Gasteiger partial charge on any atom is 0.172 e. The van der Waals surface area contributed by atoms with Crippen molar-refractivity contribution in [1.29, 1.82) is 0 Å². The Labute approximate surface area is 154 Å². The number of hydrogen-bond acceptors (Lipinski definition) is 3. The van der Waals surface area contributed by atoms with Crippen LogP contribution in [0.1, 0.15) is 0 Å². The molecule has 4 aromatic rings. The summed E-state index contributed by atoms with van der Waals surface area (Å²) in [6.07, 6.45) is 0. The molecular weight excluding hydrogens is 374 g/mol. The fourth-order valence-electron chi connectivity index (χ4n) is 2.45. The summed E-state index contributed by atoms with van der Waals surface area (Å²) >= 11 is 3.50.